The van der Waals surface area contributed by atoms with E-state index in [1.54, 1.807) is 6.20 Å². The van der Waals surface area contributed by atoms with Crippen LogP contribution in [0.5, 0.6) is 0 Å². The van der Waals surface area contributed by atoms with Gasteiger partial charge >= 0.3 is 0 Å². The molecule has 0 fully saturated rings. The Morgan fingerprint density at radius 3 is 2.48 bits per heavy atom. The molecule has 0 unspecified atom stereocenters. The molecule has 0 radical (unpaired) electrons. The number of benzene rings is 1. The molecule has 1 N–H and O–H groups in total. The molecule has 2 rings (SSSR count). The molecule has 0 aliphatic carbocycles. The zero-order chi connectivity index (χ0) is 16.7. The zero-order valence-electron chi connectivity index (χ0n) is 14.4. The van der Waals surface area contributed by atoms with Gasteiger partial charge in [-0.05, 0) is 42.4 Å². The van der Waals surface area contributed by atoms with Crippen molar-refractivity contribution in [2.75, 3.05) is 6.54 Å². The molecule has 23 heavy (non-hydrogen) atoms. The van der Waals surface area contributed by atoms with Crippen molar-refractivity contribution in [1.82, 2.24) is 14.9 Å². The molecule has 0 aliphatic rings. The second-order valence-electron chi connectivity index (χ2n) is 6.94. The molecule has 0 spiro atoms. The summed E-state index contributed by atoms with van der Waals surface area (Å²) >= 11 is 0. The van der Waals surface area contributed by atoms with Gasteiger partial charge in [-0.25, -0.2) is 4.98 Å². The molecule has 0 aliphatic heterocycles. The van der Waals surface area contributed by atoms with Crippen molar-refractivity contribution in [1.29, 1.82) is 0 Å². The number of rotatable bonds is 7. The SMILES string of the molecule is CC(C)(C)c1ccc(C(=O)NCCCCCn2ccnc2)cc1. The van der Waals surface area contributed by atoms with Gasteiger partial charge in [0.15, 0.2) is 0 Å². The third kappa shape index (κ3) is 5.55. The minimum Gasteiger partial charge on any atom is -0.352 e. The summed E-state index contributed by atoms with van der Waals surface area (Å²) in [5.41, 5.74) is 2.09. The van der Waals surface area contributed by atoms with E-state index < -0.39 is 0 Å². The molecule has 1 aromatic heterocycles. The van der Waals surface area contributed by atoms with E-state index in [1.807, 2.05) is 36.8 Å². The highest BCUT2D eigenvalue weighted by molar-refractivity contribution is 5.94. The van der Waals surface area contributed by atoms with Gasteiger partial charge in [-0.1, -0.05) is 32.9 Å². The van der Waals surface area contributed by atoms with Crippen molar-refractivity contribution >= 4 is 5.91 Å². The minimum atomic E-state index is 0.0140. The predicted molar refractivity (Wildman–Crippen MR) is 93.6 cm³/mol. The smallest absolute Gasteiger partial charge is 0.251 e. The lowest BCUT2D eigenvalue weighted by Gasteiger charge is -2.19. The number of hydrogen-bond acceptors (Lipinski definition) is 2. The molecule has 4 heteroatoms. The molecule has 1 amide bonds. The standard InChI is InChI=1S/C19H27N3O/c1-19(2,3)17-9-7-16(8-10-17)18(23)21-11-5-4-6-13-22-14-12-20-15-22/h7-10,12,14-15H,4-6,11,13H2,1-3H3,(H,21,23). The van der Waals surface area contributed by atoms with Crippen LogP contribution >= 0.6 is 0 Å². The van der Waals surface area contributed by atoms with Gasteiger partial charge in [0, 0.05) is 31.0 Å². The number of nitrogens with zero attached hydrogens (tertiary/aromatic N) is 2. The first-order valence-corrected chi connectivity index (χ1v) is 8.31. The molecule has 0 atom stereocenters. The lowest BCUT2D eigenvalue weighted by molar-refractivity contribution is 0.0953. The van der Waals surface area contributed by atoms with E-state index in [0.29, 0.717) is 0 Å². The first kappa shape index (κ1) is 17.3. The summed E-state index contributed by atoms with van der Waals surface area (Å²) in [7, 11) is 0. The predicted octanol–water partition coefficient (Wildman–Crippen LogP) is 3.78. The highest BCUT2D eigenvalue weighted by atomic mass is 16.1. The summed E-state index contributed by atoms with van der Waals surface area (Å²) in [6.45, 7) is 8.23. The Kier molecular flexibility index (Phi) is 5.97. The molecule has 0 saturated carbocycles. The van der Waals surface area contributed by atoms with Crippen LogP contribution in [0.4, 0.5) is 0 Å². The van der Waals surface area contributed by atoms with Crippen LogP contribution in [0.2, 0.25) is 0 Å². The number of carbonyl (C=O) groups excluding carboxylic acids is 1. The Balaban J connectivity index is 1.66. The van der Waals surface area contributed by atoms with Crippen molar-refractivity contribution in [2.45, 2.75) is 52.0 Å². The fourth-order valence-corrected chi connectivity index (χ4v) is 2.44. The van der Waals surface area contributed by atoms with Crippen molar-refractivity contribution in [3.63, 3.8) is 0 Å². The Labute approximate surface area is 138 Å². The molecular weight excluding hydrogens is 286 g/mol. The Hall–Kier alpha value is -2.10. The first-order chi connectivity index (χ1) is 11.0. The third-order valence-electron chi connectivity index (χ3n) is 3.95. The lowest BCUT2D eigenvalue weighted by Crippen LogP contribution is -2.24. The summed E-state index contributed by atoms with van der Waals surface area (Å²) in [4.78, 5) is 16.1. The maximum Gasteiger partial charge on any atom is 0.251 e. The van der Waals surface area contributed by atoms with Crippen molar-refractivity contribution in [3.05, 3.63) is 54.1 Å². The van der Waals surface area contributed by atoms with Gasteiger partial charge in [0.1, 0.15) is 0 Å². The Morgan fingerprint density at radius 2 is 1.87 bits per heavy atom. The van der Waals surface area contributed by atoms with Crippen LogP contribution in [0.15, 0.2) is 43.0 Å². The van der Waals surface area contributed by atoms with E-state index in [-0.39, 0.29) is 11.3 Å². The number of aryl methyl sites for hydroxylation is 1. The summed E-state index contributed by atoms with van der Waals surface area (Å²) < 4.78 is 2.08. The molecule has 0 saturated heterocycles. The molecule has 0 bridgehead atoms. The number of carbonyl (C=O) groups is 1. The summed E-state index contributed by atoms with van der Waals surface area (Å²) in [5.74, 6) is 0.0140. The normalized spacial score (nSPS) is 11.4. The van der Waals surface area contributed by atoms with Crippen molar-refractivity contribution in [3.8, 4) is 0 Å². The molecule has 124 valence electrons. The number of amides is 1. The van der Waals surface area contributed by atoms with E-state index in [1.165, 1.54) is 5.56 Å². The van der Waals surface area contributed by atoms with E-state index in [0.717, 1.165) is 37.9 Å². The van der Waals surface area contributed by atoms with Crippen LogP contribution in [-0.2, 0) is 12.0 Å². The van der Waals surface area contributed by atoms with E-state index in [4.69, 9.17) is 0 Å². The number of aromatic nitrogens is 2. The summed E-state index contributed by atoms with van der Waals surface area (Å²) in [5, 5.41) is 2.99. The first-order valence-electron chi connectivity index (χ1n) is 8.31. The van der Waals surface area contributed by atoms with Crippen LogP contribution in [0.1, 0.15) is 56.0 Å². The lowest BCUT2D eigenvalue weighted by atomic mass is 9.87. The van der Waals surface area contributed by atoms with E-state index in [2.05, 4.69) is 35.6 Å². The Morgan fingerprint density at radius 1 is 1.13 bits per heavy atom. The van der Waals surface area contributed by atoms with Gasteiger partial charge in [0.05, 0.1) is 6.33 Å². The van der Waals surface area contributed by atoms with Crippen LogP contribution in [0.25, 0.3) is 0 Å². The topological polar surface area (TPSA) is 46.9 Å². The Bertz CT molecular complexity index is 595. The largest absolute Gasteiger partial charge is 0.352 e. The van der Waals surface area contributed by atoms with Gasteiger partial charge in [-0.15, -0.1) is 0 Å². The molecular formula is C19H27N3O. The summed E-state index contributed by atoms with van der Waals surface area (Å²) in [6, 6.07) is 7.91. The van der Waals surface area contributed by atoms with Crippen molar-refractivity contribution in [2.24, 2.45) is 0 Å². The zero-order valence-corrected chi connectivity index (χ0v) is 14.4. The van der Waals surface area contributed by atoms with Crippen LogP contribution < -0.4 is 5.32 Å². The number of unbranched alkanes of at least 4 members (excludes halogenated alkanes) is 2. The fraction of sp³-hybridized carbons (Fsp3) is 0.474. The van der Waals surface area contributed by atoms with Crippen molar-refractivity contribution < 1.29 is 4.79 Å². The molecule has 1 heterocycles. The van der Waals surface area contributed by atoms with Gasteiger partial charge in [0.25, 0.3) is 5.91 Å². The average Bonchev–Trinajstić information content (AvgIpc) is 3.03. The summed E-state index contributed by atoms with van der Waals surface area (Å²) in [6.07, 6.45) is 8.81. The van der Waals surface area contributed by atoms with E-state index >= 15 is 0 Å². The second-order valence-corrected chi connectivity index (χ2v) is 6.94. The average molecular weight is 313 g/mol. The van der Waals surface area contributed by atoms with Gasteiger partial charge in [-0.2, -0.15) is 0 Å². The molecule has 2 aromatic rings. The monoisotopic (exact) mass is 313 g/mol. The highest BCUT2D eigenvalue weighted by Gasteiger charge is 2.14. The molecule has 1 aromatic carbocycles. The van der Waals surface area contributed by atoms with Gasteiger partial charge in [0.2, 0.25) is 0 Å². The number of nitrogens with one attached hydrogen (secondary N) is 1. The molecule has 4 nitrogen and oxygen atoms in total. The van der Waals surface area contributed by atoms with Gasteiger partial charge in [-0.3, -0.25) is 4.79 Å². The van der Waals surface area contributed by atoms with Crippen LogP contribution in [0.3, 0.4) is 0 Å². The van der Waals surface area contributed by atoms with Gasteiger partial charge < -0.3 is 9.88 Å². The quantitative estimate of drug-likeness (QED) is 0.791. The maximum atomic E-state index is 12.1. The third-order valence-corrected chi connectivity index (χ3v) is 3.95. The van der Waals surface area contributed by atoms with E-state index in [9.17, 15) is 4.79 Å². The van der Waals surface area contributed by atoms with Crippen LogP contribution in [-0.4, -0.2) is 22.0 Å². The maximum absolute atomic E-state index is 12.1. The fourth-order valence-electron chi connectivity index (χ4n) is 2.44. The minimum absolute atomic E-state index is 0.0140. The highest BCUT2D eigenvalue weighted by Crippen LogP contribution is 2.22. The number of imidazole rings is 1. The number of hydrogen-bond donors (Lipinski definition) is 1. The second kappa shape index (κ2) is 7.95. The van der Waals surface area contributed by atoms with Crippen LogP contribution in [0, 0.1) is 0 Å².